The van der Waals surface area contributed by atoms with Gasteiger partial charge in [0.15, 0.2) is 0 Å². The monoisotopic (exact) mass is 230 g/mol. The van der Waals surface area contributed by atoms with E-state index in [1.807, 2.05) is 0 Å². The summed E-state index contributed by atoms with van der Waals surface area (Å²) < 4.78 is 5.73. The average molecular weight is 230 g/mol. The van der Waals surface area contributed by atoms with Crippen LogP contribution in [-0.2, 0) is 4.74 Å². The summed E-state index contributed by atoms with van der Waals surface area (Å²) in [5.41, 5.74) is 0. The van der Waals surface area contributed by atoms with Gasteiger partial charge >= 0.3 is 0 Å². The predicted octanol–water partition coefficient (Wildman–Crippen LogP) is 0.802. The highest BCUT2D eigenvalue weighted by Gasteiger charge is 2.19. The lowest BCUT2D eigenvalue weighted by Gasteiger charge is -2.32. The van der Waals surface area contributed by atoms with Crippen LogP contribution in [0.1, 0.15) is 12.8 Å². The first-order valence-electron chi connectivity index (χ1n) is 5.96. The summed E-state index contributed by atoms with van der Waals surface area (Å²) in [6.07, 6.45) is 3.05. The maximum Gasteiger partial charge on any atom is 0.0826 e. The maximum absolute atomic E-state index is 5.73. The van der Waals surface area contributed by atoms with Crippen LogP contribution in [0.2, 0.25) is 0 Å². The van der Waals surface area contributed by atoms with Crippen LogP contribution in [0, 0.1) is 0 Å². The van der Waals surface area contributed by atoms with Crippen molar-refractivity contribution in [3.63, 3.8) is 0 Å². The first-order valence-corrected chi connectivity index (χ1v) is 7.11. The fraction of sp³-hybridized carbons (Fsp3) is 1.00. The van der Waals surface area contributed by atoms with Gasteiger partial charge in [-0.2, -0.15) is 11.8 Å². The minimum Gasteiger partial charge on any atom is -0.374 e. The van der Waals surface area contributed by atoms with Crippen molar-refractivity contribution in [1.29, 1.82) is 0 Å². The molecule has 2 saturated heterocycles. The van der Waals surface area contributed by atoms with Crippen molar-refractivity contribution in [2.75, 3.05) is 44.8 Å². The predicted molar refractivity (Wildman–Crippen MR) is 65.6 cm³/mol. The summed E-state index contributed by atoms with van der Waals surface area (Å²) >= 11 is 2.08. The molecule has 0 spiro atoms. The van der Waals surface area contributed by atoms with Crippen LogP contribution in [0.25, 0.3) is 0 Å². The Kier molecular flexibility index (Phi) is 4.75. The lowest BCUT2D eigenvalue weighted by molar-refractivity contribution is -0.0193. The molecule has 0 aromatic carbocycles. The molecule has 0 aliphatic carbocycles. The molecule has 1 atom stereocenters. The van der Waals surface area contributed by atoms with E-state index in [0.717, 1.165) is 32.3 Å². The molecule has 2 aliphatic heterocycles. The van der Waals surface area contributed by atoms with Crippen LogP contribution in [0.5, 0.6) is 0 Å². The number of ether oxygens (including phenoxy) is 1. The second-order valence-corrected chi connectivity index (χ2v) is 5.77. The summed E-state index contributed by atoms with van der Waals surface area (Å²) in [5.74, 6) is 2.65. The van der Waals surface area contributed by atoms with Crippen molar-refractivity contribution in [3.8, 4) is 0 Å². The topological polar surface area (TPSA) is 24.5 Å². The molecule has 0 aromatic heterocycles. The lowest BCUT2D eigenvalue weighted by Crippen LogP contribution is -2.47. The number of nitrogens with one attached hydrogen (secondary N) is 1. The zero-order valence-electron chi connectivity index (χ0n) is 9.58. The Labute approximate surface area is 96.9 Å². The Morgan fingerprint density at radius 3 is 2.93 bits per heavy atom. The van der Waals surface area contributed by atoms with Gasteiger partial charge in [0.2, 0.25) is 0 Å². The largest absolute Gasteiger partial charge is 0.374 e. The zero-order valence-corrected chi connectivity index (χ0v) is 10.4. The molecule has 4 heteroatoms. The van der Waals surface area contributed by atoms with Crippen LogP contribution < -0.4 is 5.32 Å². The van der Waals surface area contributed by atoms with Crippen molar-refractivity contribution < 1.29 is 4.74 Å². The molecule has 0 bridgehead atoms. The van der Waals surface area contributed by atoms with E-state index in [2.05, 4.69) is 29.0 Å². The van der Waals surface area contributed by atoms with Gasteiger partial charge in [-0.1, -0.05) is 0 Å². The molecule has 2 aliphatic rings. The van der Waals surface area contributed by atoms with Crippen LogP contribution in [0.4, 0.5) is 0 Å². The van der Waals surface area contributed by atoms with Crippen LogP contribution in [0.15, 0.2) is 0 Å². The van der Waals surface area contributed by atoms with Crippen LogP contribution >= 0.6 is 11.8 Å². The number of hydrogen-bond donors (Lipinski definition) is 1. The van der Waals surface area contributed by atoms with Crippen molar-refractivity contribution >= 4 is 11.8 Å². The first-order chi connectivity index (χ1) is 7.34. The molecular formula is C11H22N2OS. The molecule has 0 aromatic rings. The second-order valence-electron chi connectivity index (χ2n) is 4.55. The quantitative estimate of drug-likeness (QED) is 0.775. The third-order valence-corrected chi connectivity index (χ3v) is 4.25. The Morgan fingerprint density at radius 2 is 2.20 bits per heavy atom. The standard InChI is InChI=1S/C11H22N2OS/c1-13-4-5-14-11(9-13)8-12-10-2-6-15-7-3-10/h10-12H,2-9H2,1H3/t11-/m0/s1. The number of morpholine rings is 1. The number of likely N-dealkylation sites (N-methyl/N-ethyl adjacent to an activating group) is 1. The van der Waals surface area contributed by atoms with E-state index >= 15 is 0 Å². The molecule has 88 valence electrons. The number of rotatable bonds is 3. The molecular weight excluding hydrogens is 208 g/mol. The van der Waals surface area contributed by atoms with Crippen molar-refractivity contribution in [2.24, 2.45) is 0 Å². The number of nitrogens with zero attached hydrogens (tertiary/aromatic N) is 1. The van der Waals surface area contributed by atoms with E-state index in [-0.39, 0.29) is 0 Å². The van der Waals surface area contributed by atoms with E-state index in [0.29, 0.717) is 6.10 Å². The molecule has 2 heterocycles. The molecule has 0 radical (unpaired) electrons. The fourth-order valence-electron chi connectivity index (χ4n) is 2.19. The Morgan fingerprint density at radius 1 is 1.40 bits per heavy atom. The second kappa shape index (κ2) is 6.09. The molecule has 2 rings (SSSR count). The van der Waals surface area contributed by atoms with Gasteiger partial charge in [-0.25, -0.2) is 0 Å². The average Bonchev–Trinajstić information content (AvgIpc) is 2.28. The van der Waals surface area contributed by atoms with E-state index in [4.69, 9.17) is 4.74 Å². The smallest absolute Gasteiger partial charge is 0.0826 e. The highest BCUT2D eigenvalue weighted by molar-refractivity contribution is 7.99. The molecule has 0 unspecified atom stereocenters. The fourth-order valence-corrected chi connectivity index (χ4v) is 3.30. The van der Waals surface area contributed by atoms with Gasteiger partial charge in [0.05, 0.1) is 12.7 Å². The van der Waals surface area contributed by atoms with Crippen molar-refractivity contribution in [2.45, 2.75) is 25.0 Å². The highest BCUT2D eigenvalue weighted by Crippen LogP contribution is 2.17. The highest BCUT2D eigenvalue weighted by atomic mass is 32.2. The summed E-state index contributed by atoms with van der Waals surface area (Å²) in [5, 5.41) is 3.65. The third-order valence-electron chi connectivity index (χ3n) is 3.20. The van der Waals surface area contributed by atoms with Gasteiger partial charge in [0, 0.05) is 25.7 Å². The third kappa shape index (κ3) is 3.94. The zero-order chi connectivity index (χ0) is 10.5. The van der Waals surface area contributed by atoms with Crippen LogP contribution in [0.3, 0.4) is 0 Å². The van der Waals surface area contributed by atoms with Crippen molar-refractivity contribution in [1.82, 2.24) is 10.2 Å². The molecule has 3 nitrogen and oxygen atoms in total. The first kappa shape index (κ1) is 11.7. The maximum atomic E-state index is 5.73. The van der Waals surface area contributed by atoms with E-state index < -0.39 is 0 Å². The molecule has 0 saturated carbocycles. The Bertz CT molecular complexity index is 185. The summed E-state index contributed by atoms with van der Waals surface area (Å²) in [7, 11) is 2.17. The molecule has 2 fully saturated rings. The number of hydrogen-bond acceptors (Lipinski definition) is 4. The van der Waals surface area contributed by atoms with Gasteiger partial charge in [-0.05, 0) is 31.4 Å². The van der Waals surface area contributed by atoms with Gasteiger partial charge < -0.3 is 15.0 Å². The van der Waals surface area contributed by atoms with E-state index in [9.17, 15) is 0 Å². The Balaban J connectivity index is 1.63. The SMILES string of the molecule is CN1CCO[C@@H](CNC2CCSCC2)C1. The van der Waals surface area contributed by atoms with Gasteiger partial charge in [-0.3, -0.25) is 0 Å². The molecule has 15 heavy (non-hydrogen) atoms. The van der Waals surface area contributed by atoms with Crippen molar-refractivity contribution in [3.05, 3.63) is 0 Å². The van der Waals surface area contributed by atoms with Gasteiger partial charge in [-0.15, -0.1) is 0 Å². The normalized spacial score (nSPS) is 30.6. The summed E-state index contributed by atoms with van der Waals surface area (Å²) in [6, 6.07) is 0.738. The lowest BCUT2D eigenvalue weighted by atomic mass is 10.1. The molecule has 0 amide bonds. The number of thioether (sulfide) groups is 1. The van der Waals surface area contributed by atoms with E-state index in [1.54, 1.807) is 0 Å². The minimum absolute atomic E-state index is 0.401. The summed E-state index contributed by atoms with van der Waals surface area (Å²) in [6.45, 7) is 4.08. The van der Waals surface area contributed by atoms with E-state index in [1.165, 1.54) is 24.3 Å². The Hall–Kier alpha value is 0.230. The summed E-state index contributed by atoms with van der Waals surface area (Å²) in [4.78, 5) is 2.35. The van der Waals surface area contributed by atoms with Crippen LogP contribution in [-0.4, -0.2) is 61.8 Å². The molecule has 1 N–H and O–H groups in total. The van der Waals surface area contributed by atoms with Gasteiger partial charge in [0.1, 0.15) is 0 Å². The minimum atomic E-state index is 0.401. The van der Waals surface area contributed by atoms with Gasteiger partial charge in [0.25, 0.3) is 0 Å².